The van der Waals surface area contributed by atoms with Gasteiger partial charge < -0.3 is 15.6 Å². The van der Waals surface area contributed by atoms with Crippen molar-refractivity contribution in [2.75, 3.05) is 0 Å². The van der Waals surface area contributed by atoms with Gasteiger partial charge in [-0.1, -0.05) is 0 Å². The minimum absolute atomic E-state index is 0.0977. The Morgan fingerprint density at radius 3 is 2.72 bits per heavy atom. The van der Waals surface area contributed by atoms with Gasteiger partial charge in [0.25, 0.3) is 0 Å². The molecule has 1 aromatic rings. The van der Waals surface area contributed by atoms with Crippen LogP contribution in [0.4, 0.5) is 0 Å². The average Bonchev–Trinajstić information content (AvgIpc) is 2.76. The van der Waals surface area contributed by atoms with Gasteiger partial charge in [-0.25, -0.2) is 0 Å². The summed E-state index contributed by atoms with van der Waals surface area (Å²) >= 11 is 0. The van der Waals surface area contributed by atoms with Gasteiger partial charge in [-0.05, 0) is 32.6 Å². The van der Waals surface area contributed by atoms with Crippen LogP contribution in [-0.2, 0) is 11.8 Å². The summed E-state index contributed by atoms with van der Waals surface area (Å²) < 4.78 is 1.82. The lowest BCUT2D eigenvalue weighted by Crippen LogP contribution is -2.37. The molecule has 1 fully saturated rings. The number of hydrogen-bond donors (Lipinski definition) is 2. The van der Waals surface area contributed by atoms with Gasteiger partial charge in [-0.3, -0.25) is 4.79 Å². The summed E-state index contributed by atoms with van der Waals surface area (Å²) in [6.07, 6.45) is 5.29. The number of amides is 1. The highest BCUT2D eigenvalue weighted by molar-refractivity contribution is 5.79. The summed E-state index contributed by atoms with van der Waals surface area (Å²) in [6.45, 7) is 1.93. The number of carbonyl (C=O) groups is 1. The van der Waals surface area contributed by atoms with Crippen LogP contribution in [0.1, 0.15) is 44.5 Å². The van der Waals surface area contributed by atoms with Gasteiger partial charge >= 0.3 is 0 Å². The van der Waals surface area contributed by atoms with Gasteiger partial charge in [0.2, 0.25) is 5.91 Å². The van der Waals surface area contributed by atoms with Crippen molar-refractivity contribution >= 4 is 5.91 Å². The summed E-state index contributed by atoms with van der Waals surface area (Å²) in [7, 11) is 1.87. The molecule has 18 heavy (non-hydrogen) atoms. The van der Waals surface area contributed by atoms with E-state index in [1.807, 2.05) is 18.5 Å². The molecule has 1 unspecified atom stereocenters. The molecule has 0 aliphatic heterocycles. The first-order chi connectivity index (χ1) is 8.58. The summed E-state index contributed by atoms with van der Waals surface area (Å²) in [4.78, 5) is 12.1. The molecule has 1 atom stereocenters. The van der Waals surface area contributed by atoms with Gasteiger partial charge in [0, 0.05) is 19.0 Å². The third-order valence-corrected chi connectivity index (χ3v) is 3.64. The van der Waals surface area contributed by atoms with E-state index in [1.165, 1.54) is 0 Å². The molecule has 0 saturated heterocycles. The molecule has 1 aromatic heterocycles. The van der Waals surface area contributed by atoms with E-state index < -0.39 is 0 Å². The molecule has 1 heterocycles. The van der Waals surface area contributed by atoms with E-state index in [9.17, 15) is 4.79 Å². The Kier molecular flexibility index (Phi) is 3.96. The van der Waals surface area contributed by atoms with Crippen LogP contribution >= 0.6 is 0 Å². The van der Waals surface area contributed by atoms with Crippen LogP contribution in [-0.4, -0.2) is 26.7 Å². The monoisotopic (exact) mass is 251 g/mol. The average molecular weight is 251 g/mol. The molecule has 2 rings (SSSR count). The molecule has 100 valence electrons. The summed E-state index contributed by atoms with van der Waals surface area (Å²) in [5, 5.41) is 10.8. The lowest BCUT2D eigenvalue weighted by molar-refractivity contribution is -0.126. The van der Waals surface area contributed by atoms with Crippen molar-refractivity contribution in [1.82, 2.24) is 20.1 Å². The van der Waals surface area contributed by atoms with Crippen molar-refractivity contribution in [1.29, 1.82) is 0 Å². The maximum absolute atomic E-state index is 12.1. The van der Waals surface area contributed by atoms with Crippen LogP contribution in [0, 0.1) is 5.92 Å². The highest BCUT2D eigenvalue weighted by Gasteiger charge is 2.26. The topological polar surface area (TPSA) is 85.8 Å². The van der Waals surface area contributed by atoms with Crippen LogP contribution in [0.5, 0.6) is 0 Å². The van der Waals surface area contributed by atoms with E-state index in [0.717, 1.165) is 31.5 Å². The Morgan fingerprint density at radius 1 is 1.50 bits per heavy atom. The molecule has 1 saturated carbocycles. The molecule has 0 spiro atoms. The van der Waals surface area contributed by atoms with Crippen molar-refractivity contribution in [3.8, 4) is 0 Å². The SMILES string of the molecule is CC(NC(=O)C1CCC(N)CC1)c1nncn1C. The number of rotatable bonds is 3. The maximum atomic E-state index is 12.1. The fourth-order valence-corrected chi connectivity index (χ4v) is 2.46. The largest absolute Gasteiger partial charge is 0.346 e. The molecule has 0 bridgehead atoms. The van der Waals surface area contributed by atoms with E-state index >= 15 is 0 Å². The minimum atomic E-state index is -0.111. The van der Waals surface area contributed by atoms with Crippen molar-refractivity contribution < 1.29 is 4.79 Å². The summed E-state index contributed by atoms with van der Waals surface area (Å²) in [5.74, 6) is 0.980. The summed E-state index contributed by atoms with van der Waals surface area (Å²) in [6, 6.07) is 0.158. The zero-order valence-electron chi connectivity index (χ0n) is 11.0. The first kappa shape index (κ1) is 13.0. The molecule has 6 heteroatoms. The lowest BCUT2D eigenvalue weighted by atomic mass is 9.86. The molecule has 1 aliphatic rings. The Balaban J connectivity index is 1.89. The Labute approximate surface area is 107 Å². The molecule has 6 nitrogen and oxygen atoms in total. The van der Waals surface area contributed by atoms with Crippen molar-refractivity contribution in [2.45, 2.75) is 44.7 Å². The minimum Gasteiger partial charge on any atom is -0.346 e. The summed E-state index contributed by atoms with van der Waals surface area (Å²) in [5.41, 5.74) is 5.84. The van der Waals surface area contributed by atoms with E-state index in [1.54, 1.807) is 6.33 Å². The number of aryl methyl sites for hydroxylation is 1. The Hall–Kier alpha value is -1.43. The van der Waals surface area contributed by atoms with Crippen molar-refractivity contribution in [2.24, 2.45) is 18.7 Å². The second kappa shape index (κ2) is 5.48. The molecule has 1 amide bonds. The van der Waals surface area contributed by atoms with Gasteiger partial charge in [0.15, 0.2) is 5.82 Å². The standard InChI is InChI=1S/C12H21N5O/c1-8(11-16-14-7-17(11)2)15-12(18)9-3-5-10(13)6-4-9/h7-10H,3-6,13H2,1-2H3,(H,15,18). The smallest absolute Gasteiger partial charge is 0.223 e. The third-order valence-electron chi connectivity index (χ3n) is 3.64. The van der Waals surface area contributed by atoms with Gasteiger partial charge in [-0.2, -0.15) is 0 Å². The fourth-order valence-electron chi connectivity index (χ4n) is 2.46. The number of hydrogen-bond acceptors (Lipinski definition) is 4. The number of nitrogens with two attached hydrogens (primary N) is 1. The molecule has 0 aromatic carbocycles. The number of nitrogens with zero attached hydrogens (tertiary/aromatic N) is 3. The van der Waals surface area contributed by atoms with Crippen LogP contribution in [0.2, 0.25) is 0 Å². The van der Waals surface area contributed by atoms with E-state index in [0.29, 0.717) is 0 Å². The number of aromatic nitrogens is 3. The molecule has 1 aliphatic carbocycles. The van der Waals surface area contributed by atoms with Crippen molar-refractivity contribution in [3.05, 3.63) is 12.2 Å². The Bertz CT molecular complexity index is 408. The highest BCUT2D eigenvalue weighted by Crippen LogP contribution is 2.24. The first-order valence-corrected chi connectivity index (χ1v) is 6.47. The zero-order valence-corrected chi connectivity index (χ0v) is 11.0. The normalized spacial score (nSPS) is 25.7. The quantitative estimate of drug-likeness (QED) is 0.819. The second-order valence-corrected chi connectivity index (χ2v) is 5.14. The second-order valence-electron chi connectivity index (χ2n) is 5.14. The fraction of sp³-hybridized carbons (Fsp3) is 0.750. The zero-order chi connectivity index (χ0) is 13.1. The van der Waals surface area contributed by atoms with E-state index in [2.05, 4.69) is 15.5 Å². The van der Waals surface area contributed by atoms with E-state index in [4.69, 9.17) is 5.73 Å². The molecule has 3 N–H and O–H groups in total. The van der Waals surface area contributed by atoms with Gasteiger partial charge in [0.05, 0.1) is 6.04 Å². The van der Waals surface area contributed by atoms with Gasteiger partial charge in [0.1, 0.15) is 6.33 Å². The predicted molar refractivity (Wildman–Crippen MR) is 67.5 cm³/mol. The highest BCUT2D eigenvalue weighted by atomic mass is 16.1. The number of carbonyl (C=O) groups excluding carboxylic acids is 1. The lowest BCUT2D eigenvalue weighted by Gasteiger charge is -2.26. The van der Waals surface area contributed by atoms with E-state index in [-0.39, 0.29) is 23.9 Å². The van der Waals surface area contributed by atoms with Crippen LogP contribution < -0.4 is 11.1 Å². The predicted octanol–water partition coefficient (Wildman–Crippen LogP) is 0.510. The van der Waals surface area contributed by atoms with Gasteiger partial charge in [-0.15, -0.1) is 10.2 Å². The molecular formula is C12H21N5O. The molecular weight excluding hydrogens is 230 g/mol. The maximum Gasteiger partial charge on any atom is 0.223 e. The first-order valence-electron chi connectivity index (χ1n) is 6.47. The van der Waals surface area contributed by atoms with Crippen molar-refractivity contribution in [3.63, 3.8) is 0 Å². The third kappa shape index (κ3) is 2.87. The number of nitrogens with one attached hydrogen (secondary N) is 1. The molecule has 0 radical (unpaired) electrons. The Morgan fingerprint density at radius 2 is 2.17 bits per heavy atom. The van der Waals surface area contributed by atoms with Crippen LogP contribution in [0.25, 0.3) is 0 Å². The van der Waals surface area contributed by atoms with Crippen LogP contribution in [0.3, 0.4) is 0 Å². The van der Waals surface area contributed by atoms with Crippen LogP contribution in [0.15, 0.2) is 6.33 Å².